The normalized spacial score (nSPS) is 11.8. The van der Waals surface area contributed by atoms with Crippen LogP contribution in [0.1, 0.15) is 45.6 Å². The second kappa shape index (κ2) is 8.66. The van der Waals surface area contributed by atoms with E-state index in [1.54, 1.807) is 25.0 Å². The molecule has 0 radical (unpaired) electrons. The fraction of sp³-hybridized carbons (Fsp3) is 0.280. The average molecular weight is 460 g/mol. The summed E-state index contributed by atoms with van der Waals surface area (Å²) < 4.78 is 20.5. The highest BCUT2D eigenvalue weighted by Gasteiger charge is 2.29. The van der Waals surface area contributed by atoms with Gasteiger partial charge in [-0.2, -0.15) is 0 Å². The van der Waals surface area contributed by atoms with Crippen LogP contribution in [0, 0.1) is 13.8 Å². The molecule has 5 rings (SSSR count). The molecule has 0 atom stereocenters. The van der Waals surface area contributed by atoms with Crippen LogP contribution < -0.4 is 9.47 Å². The summed E-state index contributed by atoms with van der Waals surface area (Å²) in [6.07, 6.45) is 2.02. The van der Waals surface area contributed by atoms with E-state index in [1.165, 1.54) is 5.56 Å². The van der Waals surface area contributed by atoms with Gasteiger partial charge in [-0.3, -0.25) is 4.57 Å². The number of benzene rings is 2. The number of methoxy groups -OCH3 is 1. The number of aryl methyl sites for hydroxylation is 2. The van der Waals surface area contributed by atoms with Crippen molar-refractivity contribution < 1.29 is 19.0 Å². The first-order valence-corrected chi connectivity index (χ1v) is 11.1. The van der Waals surface area contributed by atoms with Crippen molar-refractivity contribution in [1.82, 2.24) is 24.5 Å². The van der Waals surface area contributed by atoms with Crippen molar-refractivity contribution in [2.24, 2.45) is 0 Å². The lowest BCUT2D eigenvalue weighted by molar-refractivity contribution is 0.0519. The molecule has 0 bridgehead atoms. The number of hydrogen-bond acceptors (Lipinski definition) is 7. The number of imidazole rings is 1. The minimum atomic E-state index is -0.458. The third kappa shape index (κ3) is 3.68. The number of nitrogens with zero attached hydrogens (tertiary/aromatic N) is 5. The van der Waals surface area contributed by atoms with Gasteiger partial charge in [-0.15, -0.1) is 5.10 Å². The summed E-state index contributed by atoms with van der Waals surface area (Å²) in [5.74, 6) is 1.02. The molecule has 9 nitrogen and oxygen atoms in total. The number of carbonyl (C=O) groups excluding carboxylic acids is 1. The molecule has 34 heavy (non-hydrogen) atoms. The molecule has 9 heteroatoms. The van der Waals surface area contributed by atoms with Crippen LogP contribution in [0.4, 0.5) is 0 Å². The summed E-state index contributed by atoms with van der Waals surface area (Å²) in [5.41, 5.74) is 6.28. The molecule has 0 saturated heterocycles. The molecule has 0 saturated carbocycles. The van der Waals surface area contributed by atoms with Gasteiger partial charge in [0.15, 0.2) is 5.69 Å². The number of rotatable bonds is 6. The van der Waals surface area contributed by atoms with E-state index in [0.717, 1.165) is 28.4 Å². The van der Waals surface area contributed by atoms with Crippen LogP contribution in [-0.2, 0) is 17.8 Å². The Bertz CT molecular complexity index is 1390. The second-order valence-electron chi connectivity index (χ2n) is 8.11. The maximum atomic E-state index is 12.6. The van der Waals surface area contributed by atoms with Gasteiger partial charge in [-0.05, 0) is 44.5 Å². The molecule has 1 aliphatic rings. The van der Waals surface area contributed by atoms with Crippen LogP contribution in [0.25, 0.3) is 11.4 Å². The second-order valence-corrected chi connectivity index (χ2v) is 8.11. The van der Waals surface area contributed by atoms with Crippen molar-refractivity contribution in [1.29, 1.82) is 0 Å². The topological polar surface area (TPSA) is 93.3 Å². The van der Waals surface area contributed by atoms with Crippen LogP contribution >= 0.6 is 0 Å². The fourth-order valence-corrected chi connectivity index (χ4v) is 4.21. The van der Waals surface area contributed by atoms with Crippen LogP contribution in [0.2, 0.25) is 0 Å². The Kier molecular flexibility index (Phi) is 5.53. The summed E-state index contributed by atoms with van der Waals surface area (Å²) in [4.78, 5) is 17.0. The summed E-state index contributed by atoms with van der Waals surface area (Å²) in [7, 11) is 1.62. The number of esters is 1. The van der Waals surface area contributed by atoms with Gasteiger partial charge >= 0.3 is 5.97 Å². The predicted molar refractivity (Wildman–Crippen MR) is 124 cm³/mol. The molecular formula is C25H25N5O4. The van der Waals surface area contributed by atoms with Crippen molar-refractivity contribution in [2.45, 2.75) is 33.8 Å². The average Bonchev–Trinajstić information content (AvgIpc) is 3.40. The van der Waals surface area contributed by atoms with Gasteiger partial charge in [0.1, 0.15) is 30.1 Å². The van der Waals surface area contributed by atoms with Gasteiger partial charge < -0.3 is 14.2 Å². The Morgan fingerprint density at radius 2 is 1.94 bits per heavy atom. The standard InChI is InChI=1S/C25H25N5O4/c1-5-33-25(31)24-22-12-20-18(13-34-23-9-6-15(2)10-16(23)3)27-28-30(20)21-11-17(32-4)7-8-19(21)29(22)14-26-24/h6-11,14H,5,12-13H2,1-4H3. The molecule has 1 aliphatic heterocycles. The van der Waals surface area contributed by atoms with E-state index in [9.17, 15) is 4.79 Å². The molecule has 0 N–H and O–H groups in total. The van der Waals surface area contributed by atoms with E-state index in [0.29, 0.717) is 23.6 Å². The molecule has 0 aliphatic carbocycles. The monoisotopic (exact) mass is 459 g/mol. The maximum absolute atomic E-state index is 12.6. The molecule has 2 aromatic carbocycles. The highest BCUT2D eigenvalue weighted by molar-refractivity contribution is 5.89. The van der Waals surface area contributed by atoms with Crippen molar-refractivity contribution in [3.63, 3.8) is 0 Å². The molecule has 2 aromatic heterocycles. The van der Waals surface area contributed by atoms with Gasteiger partial charge in [0.25, 0.3) is 0 Å². The zero-order chi connectivity index (χ0) is 23.8. The van der Waals surface area contributed by atoms with Gasteiger partial charge in [0.2, 0.25) is 0 Å². The van der Waals surface area contributed by atoms with E-state index in [2.05, 4.69) is 21.4 Å². The summed E-state index contributed by atoms with van der Waals surface area (Å²) in [5, 5.41) is 8.86. The SMILES string of the molecule is CCOC(=O)c1ncn2c1Cc1c(COc3ccc(C)cc3C)nnn1-c1cc(OC)ccc1-2. The number of ether oxygens (including phenoxy) is 3. The lowest BCUT2D eigenvalue weighted by Gasteiger charge is -2.11. The Morgan fingerprint density at radius 3 is 2.71 bits per heavy atom. The van der Waals surface area contributed by atoms with Gasteiger partial charge in [-0.25, -0.2) is 14.5 Å². The van der Waals surface area contributed by atoms with Crippen LogP contribution in [0.3, 0.4) is 0 Å². The van der Waals surface area contributed by atoms with E-state index >= 15 is 0 Å². The number of hydrogen-bond donors (Lipinski definition) is 0. The molecule has 0 amide bonds. The minimum Gasteiger partial charge on any atom is -0.497 e. The first-order valence-electron chi connectivity index (χ1n) is 11.1. The van der Waals surface area contributed by atoms with Crippen molar-refractivity contribution in [2.75, 3.05) is 13.7 Å². The zero-order valence-electron chi connectivity index (χ0n) is 19.5. The smallest absolute Gasteiger partial charge is 0.358 e. The third-order valence-corrected chi connectivity index (χ3v) is 5.88. The van der Waals surface area contributed by atoms with Gasteiger partial charge in [0, 0.05) is 12.5 Å². The summed E-state index contributed by atoms with van der Waals surface area (Å²) in [6.45, 7) is 6.34. The molecule has 0 fully saturated rings. The molecule has 0 unspecified atom stereocenters. The predicted octanol–water partition coefficient (Wildman–Crippen LogP) is 3.74. The molecule has 3 heterocycles. The first kappa shape index (κ1) is 21.7. The maximum Gasteiger partial charge on any atom is 0.358 e. The first-order chi connectivity index (χ1) is 16.5. The van der Waals surface area contributed by atoms with Gasteiger partial charge in [0.05, 0.1) is 36.5 Å². The number of aromatic nitrogens is 5. The summed E-state index contributed by atoms with van der Waals surface area (Å²) >= 11 is 0. The quantitative estimate of drug-likeness (QED) is 0.357. The van der Waals surface area contributed by atoms with E-state index < -0.39 is 5.97 Å². The Balaban J connectivity index is 1.60. The lowest BCUT2D eigenvalue weighted by Crippen LogP contribution is -2.11. The van der Waals surface area contributed by atoms with Crippen LogP contribution in [0.5, 0.6) is 11.5 Å². The minimum absolute atomic E-state index is 0.238. The largest absolute Gasteiger partial charge is 0.497 e. The van der Waals surface area contributed by atoms with Crippen LogP contribution in [0.15, 0.2) is 42.7 Å². The number of carbonyl (C=O) groups is 1. The summed E-state index contributed by atoms with van der Waals surface area (Å²) in [6, 6.07) is 11.7. The van der Waals surface area contributed by atoms with Crippen molar-refractivity contribution >= 4 is 5.97 Å². The highest BCUT2D eigenvalue weighted by Crippen LogP contribution is 2.33. The Morgan fingerprint density at radius 1 is 1.09 bits per heavy atom. The zero-order valence-corrected chi connectivity index (χ0v) is 19.5. The van der Waals surface area contributed by atoms with Crippen LogP contribution in [-0.4, -0.2) is 44.2 Å². The molecular weight excluding hydrogens is 434 g/mol. The fourth-order valence-electron chi connectivity index (χ4n) is 4.21. The Hall–Kier alpha value is -4.14. The molecule has 0 spiro atoms. The van der Waals surface area contributed by atoms with E-state index in [1.807, 2.05) is 48.7 Å². The highest BCUT2D eigenvalue weighted by atomic mass is 16.5. The molecule has 174 valence electrons. The number of fused-ring (bicyclic) bond motifs is 5. The third-order valence-electron chi connectivity index (χ3n) is 5.88. The molecule has 4 aromatic rings. The van der Waals surface area contributed by atoms with Crippen molar-refractivity contribution in [3.05, 3.63) is 76.6 Å². The van der Waals surface area contributed by atoms with E-state index in [-0.39, 0.29) is 18.9 Å². The lowest BCUT2D eigenvalue weighted by atomic mass is 10.1. The Labute approximate surface area is 196 Å². The van der Waals surface area contributed by atoms with Gasteiger partial charge in [-0.1, -0.05) is 22.9 Å². The van der Waals surface area contributed by atoms with Crippen molar-refractivity contribution in [3.8, 4) is 22.9 Å². The van der Waals surface area contributed by atoms with E-state index in [4.69, 9.17) is 14.2 Å².